The van der Waals surface area contributed by atoms with Crippen LogP contribution in [0.3, 0.4) is 0 Å². The number of aromatic hydroxyl groups is 2. The number of aliphatic hydroxyl groups is 2. The maximum absolute atomic E-state index is 14.2. The number of carboxylic acid groups (broad SMARTS) is 1. The molecule has 8 amide bonds. The van der Waals surface area contributed by atoms with Crippen molar-refractivity contribution in [3.05, 3.63) is 59.7 Å². The van der Waals surface area contributed by atoms with Gasteiger partial charge in [0.1, 0.15) is 29.4 Å². The molecule has 18 N–H and O–H groups in total. The van der Waals surface area contributed by atoms with Gasteiger partial charge in [0.15, 0.2) is 29.1 Å². The molecule has 1 heterocycles. The molecule has 1 aliphatic heterocycles. The van der Waals surface area contributed by atoms with Crippen LogP contribution in [-0.2, 0) is 80.0 Å². The molecule has 0 saturated carbocycles. The van der Waals surface area contributed by atoms with E-state index in [2.05, 4.69) is 31.6 Å². The van der Waals surface area contributed by atoms with E-state index >= 15 is 0 Å². The van der Waals surface area contributed by atoms with E-state index in [4.69, 9.17) is 22.9 Å². The molecule has 0 radical (unpaired) electrons. The van der Waals surface area contributed by atoms with Crippen LogP contribution in [-0.4, -0.2) is 194 Å². The van der Waals surface area contributed by atoms with Crippen molar-refractivity contribution >= 4 is 99.9 Å². The summed E-state index contributed by atoms with van der Waals surface area (Å²) in [4.78, 5) is 194. The molecule has 0 unspecified atom stereocenters. The molecule has 96 heavy (non-hydrogen) atoms. The molecule has 530 valence electrons. The number of likely N-dealkylation sites (tertiary alicyclic amines) is 1. The Morgan fingerprint density at radius 3 is 1.59 bits per heavy atom. The van der Waals surface area contributed by atoms with Gasteiger partial charge in [-0.15, -0.1) is 0 Å². The van der Waals surface area contributed by atoms with Gasteiger partial charge in [-0.3, -0.25) is 72.1 Å². The second-order valence-corrected chi connectivity index (χ2v) is 25.8. The summed E-state index contributed by atoms with van der Waals surface area (Å²) in [6.07, 6.45) is -1.80. The third kappa shape index (κ3) is 28.6. The third-order valence-corrected chi connectivity index (χ3v) is 17.0. The van der Waals surface area contributed by atoms with Gasteiger partial charge in [0.2, 0.25) is 47.3 Å². The molecule has 0 bridgehead atoms. The zero-order chi connectivity index (χ0) is 71.9. The number of amides is 8. The number of guanidine groups is 1. The van der Waals surface area contributed by atoms with Crippen LogP contribution < -0.4 is 49.5 Å². The maximum atomic E-state index is 14.2. The molecular formula is C65H95N11O19S. The standard InChI is InChI=1S/C65H95N11O19S/c1-35(2)22-36(3)52(82)28-42(25-39-12-16-45(80)17-13-39)62(93)72-47(8-6-19-70-65(68)69)53(83)23-37(4)59(90)73-48(30-56(66)86)54(84)27-40(18-21-96-5)60(91)74-49(31-57(87)88)55(85)29-43(33-77)64(95)76-20-7-9-51(76)63(94)71-32-46(81)26-41(24-38-10-14-44(79)15-11-38)61(92)75-50(34-78)58(67)89/h10-17,35-37,40-43,47-51,77-80H,6-9,18-34H2,1-5H3,(H2,66,86)(H2,67,89)(H,71,94)(H,72,93)(H,73,90)(H,74,91)(H,75,92)(H,87,88)(H4,68,69,70)/t36-,37+,40+,41+,42+,43-,47-,48-,49-,50-,51-/m0/s1. The van der Waals surface area contributed by atoms with Crippen molar-refractivity contribution < 1.29 is 92.7 Å². The number of aliphatic imine (C=N–C) groups is 1. The Morgan fingerprint density at radius 2 is 1.08 bits per heavy atom. The number of phenolic OH excluding ortho intramolecular Hbond substituents is 2. The van der Waals surface area contributed by atoms with Crippen LogP contribution >= 0.6 is 11.8 Å². The number of carbonyl (C=O) groups is 14. The molecule has 1 fully saturated rings. The quantitative estimate of drug-likeness (QED) is 0.0218. The highest BCUT2D eigenvalue weighted by Gasteiger charge is 2.40. The summed E-state index contributed by atoms with van der Waals surface area (Å²) in [6.45, 7) is 4.64. The van der Waals surface area contributed by atoms with Crippen molar-refractivity contribution in [3.63, 3.8) is 0 Å². The van der Waals surface area contributed by atoms with Gasteiger partial charge in [-0.2, -0.15) is 11.8 Å². The van der Waals surface area contributed by atoms with Crippen LogP contribution in [0.2, 0.25) is 0 Å². The minimum Gasteiger partial charge on any atom is -0.508 e. The molecule has 30 nitrogen and oxygen atoms in total. The number of phenols is 2. The highest BCUT2D eigenvalue weighted by atomic mass is 32.2. The van der Waals surface area contributed by atoms with Gasteiger partial charge >= 0.3 is 5.97 Å². The molecule has 11 atom stereocenters. The second-order valence-electron chi connectivity index (χ2n) is 24.8. The minimum atomic E-state index is -1.84. The van der Waals surface area contributed by atoms with Crippen molar-refractivity contribution in [3.8, 4) is 11.5 Å². The van der Waals surface area contributed by atoms with E-state index < -0.39 is 194 Å². The van der Waals surface area contributed by atoms with Gasteiger partial charge < -0.3 is 80.0 Å². The van der Waals surface area contributed by atoms with Gasteiger partial charge in [-0.1, -0.05) is 52.0 Å². The van der Waals surface area contributed by atoms with Crippen LogP contribution in [0.1, 0.15) is 122 Å². The number of primary amides is 2. The van der Waals surface area contributed by atoms with Crippen LogP contribution in [0.15, 0.2) is 53.5 Å². The first-order valence-corrected chi connectivity index (χ1v) is 33.2. The summed E-state index contributed by atoms with van der Waals surface area (Å²) in [5, 5.41) is 61.9. The van der Waals surface area contributed by atoms with Gasteiger partial charge in [-0.25, -0.2) is 0 Å². The summed E-state index contributed by atoms with van der Waals surface area (Å²) >= 11 is 1.26. The molecule has 1 saturated heterocycles. The lowest BCUT2D eigenvalue weighted by Crippen LogP contribution is -2.51. The number of Topliss-reactive ketones (excluding diaryl/α,β-unsaturated/α-hetero) is 5. The molecule has 0 aromatic heterocycles. The molecule has 2 aromatic rings. The summed E-state index contributed by atoms with van der Waals surface area (Å²) in [7, 11) is 0. The normalized spacial score (nSPS) is 15.9. The van der Waals surface area contributed by atoms with Crippen LogP contribution in [0.5, 0.6) is 11.5 Å². The fourth-order valence-corrected chi connectivity index (χ4v) is 11.5. The van der Waals surface area contributed by atoms with Gasteiger partial charge in [0.05, 0.1) is 56.6 Å². The van der Waals surface area contributed by atoms with Crippen molar-refractivity contribution in [2.24, 2.45) is 69.4 Å². The number of benzene rings is 2. The fourth-order valence-electron chi connectivity index (χ4n) is 11.0. The number of carbonyl (C=O) groups excluding carboxylic acids is 13. The average Bonchev–Trinajstić information content (AvgIpc) is 1.65. The SMILES string of the molecule is CSCC[C@H](CC(=O)[C@H](CC(N)=O)NC(=O)[C@H](C)CC(=O)[C@H](CCCN=C(N)N)NC(=O)[C@@H](CC(=O)[C@@H](C)CC(C)C)Cc1ccc(O)cc1)C(=O)N[C@@H](CC(=O)O)C(=O)C[C@@H](CO)C(=O)N1CCC[C@H]1C(=O)NCC(=O)C[C@@H](Cc1ccc(O)cc1)C(=O)N[C@@H](CO)C(N)=O. The largest absolute Gasteiger partial charge is 0.508 e. The average molecular weight is 1370 g/mol. The number of ketones is 5. The number of nitrogens with zero attached hydrogens (tertiary/aromatic N) is 2. The zero-order valence-corrected chi connectivity index (χ0v) is 55.8. The van der Waals surface area contributed by atoms with E-state index in [-0.39, 0.29) is 105 Å². The topological polar surface area (TPSA) is 520 Å². The zero-order valence-electron chi connectivity index (χ0n) is 55.0. The summed E-state index contributed by atoms with van der Waals surface area (Å²) in [5.74, 6) is -18.6. The minimum absolute atomic E-state index is 0.00989. The number of thioether (sulfide) groups is 1. The number of hydrogen-bond donors (Lipinski definition) is 14. The Hall–Kier alpha value is -8.84. The van der Waals surface area contributed by atoms with Crippen molar-refractivity contribution in [1.82, 2.24) is 31.5 Å². The second kappa shape index (κ2) is 41.2. The van der Waals surface area contributed by atoms with E-state index in [1.54, 1.807) is 25.3 Å². The molecule has 31 heteroatoms. The predicted octanol–water partition coefficient (Wildman–Crippen LogP) is -0.865. The number of rotatable bonds is 46. The number of aliphatic hydroxyl groups excluding tert-OH is 2. The smallest absolute Gasteiger partial charge is 0.305 e. The third-order valence-electron chi connectivity index (χ3n) is 16.3. The lowest BCUT2D eigenvalue weighted by molar-refractivity contribution is -0.145. The Morgan fingerprint density at radius 1 is 0.583 bits per heavy atom. The first-order valence-electron chi connectivity index (χ1n) is 31.8. The molecule has 0 aliphatic carbocycles. The van der Waals surface area contributed by atoms with Gasteiger partial charge in [0.25, 0.3) is 0 Å². The highest BCUT2D eigenvalue weighted by Crippen LogP contribution is 2.26. The van der Waals surface area contributed by atoms with Crippen LogP contribution in [0.25, 0.3) is 0 Å². The van der Waals surface area contributed by atoms with E-state index in [1.165, 1.54) is 55.1 Å². The Bertz CT molecular complexity index is 3070. The van der Waals surface area contributed by atoms with Gasteiger partial charge in [0, 0.05) is 74.8 Å². The van der Waals surface area contributed by atoms with Gasteiger partial charge in [-0.05, 0) is 105 Å². The molecular weight excluding hydrogens is 1270 g/mol. The van der Waals surface area contributed by atoms with Crippen molar-refractivity contribution in [1.29, 1.82) is 0 Å². The Balaban J connectivity index is 1.77. The Kier molecular flexibility index (Phi) is 34.9. The molecule has 0 spiro atoms. The maximum Gasteiger partial charge on any atom is 0.305 e. The number of nitrogens with one attached hydrogen (secondary N) is 5. The van der Waals surface area contributed by atoms with E-state index in [0.717, 1.165) is 4.90 Å². The number of carboxylic acids is 1. The fraction of sp³-hybridized carbons (Fsp3) is 0.585. The lowest BCUT2D eigenvalue weighted by atomic mass is 9.86. The molecule has 2 aromatic carbocycles. The van der Waals surface area contributed by atoms with Crippen molar-refractivity contribution in [2.45, 2.75) is 154 Å². The summed E-state index contributed by atoms with van der Waals surface area (Å²) < 4.78 is 0. The number of nitrogens with two attached hydrogens (primary N) is 4. The summed E-state index contributed by atoms with van der Waals surface area (Å²) in [6, 6.07) is 4.35. The van der Waals surface area contributed by atoms with Crippen LogP contribution in [0, 0.1) is 41.4 Å². The predicted molar refractivity (Wildman–Crippen MR) is 351 cm³/mol. The number of hydrogen-bond acceptors (Lipinski definition) is 20. The molecule has 3 rings (SSSR count). The van der Waals surface area contributed by atoms with Crippen LogP contribution in [0.4, 0.5) is 0 Å². The molecule has 1 aliphatic rings. The first kappa shape index (κ1) is 81.4. The van der Waals surface area contributed by atoms with E-state index in [1.807, 2.05) is 13.8 Å². The monoisotopic (exact) mass is 1370 g/mol. The first-order chi connectivity index (χ1) is 45.3. The summed E-state index contributed by atoms with van der Waals surface area (Å²) in [5.41, 5.74) is 23.0. The van der Waals surface area contributed by atoms with Crippen molar-refractivity contribution in [2.75, 3.05) is 44.9 Å². The lowest BCUT2D eigenvalue weighted by Gasteiger charge is -2.28. The Labute approximate surface area is 561 Å². The van der Waals surface area contributed by atoms with E-state index in [9.17, 15) is 92.7 Å². The highest BCUT2D eigenvalue weighted by molar-refractivity contribution is 7.98. The van der Waals surface area contributed by atoms with E-state index in [0.29, 0.717) is 17.5 Å². The number of aliphatic carboxylic acids is 1.